The van der Waals surface area contributed by atoms with Gasteiger partial charge in [0.1, 0.15) is 18.1 Å². The van der Waals surface area contributed by atoms with Crippen molar-refractivity contribution in [3.63, 3.8) is 0 Å². The Morgan fingerprint density at radius 2 is 1.97 bits per heavy atom. The van der Waals surface area contributed by atoms with Gasteiger partial charge in [0.15, 0.2) is 11.5 Å². The highest BCUT2D eigenvalue weighted by Crippen LogP contribution is 2.37. The van der Waals surface area contributed by atoms with Crippen molar-refractivity contribution in [3.8, 4) is 23.0 Å². The maximum Gasteiger partial charge on any atom is 0.254 e. The fourth-order valence-corrected chi connectivity index (χ4v) is 3.56. The van der Waals surface area contributed by atoms with E-state index >= 15 is 0 Å². The van der Waals surface area contributed by atoms with Crippen LogP contribution >= 0.6 is 11.6 Å². The summed E-state index contributed by atoms with van der Waals surface area (Å²) in [5.41, 5.74) is 3.20. The van der Waals surface area contributed by atoms with E-state index in [1.54, 1.807) is 42.3 Å². The van der Waals surface area contributed by atoms with Crippen LogP contribution in [0.3, 0.4) is 0 Å². The summed E-state index contributed by atoms with van der Waals surface area (Å²) in [4.78, 5) is 17.0. The molecule has 0 saturated carbocycles. The van der Waals surface area contributed by atoms with Crippen molar-refractivity contribution in [2.75, 3.05) is 13.9 Å². The van der Waals surface area contributed by atoms with Crippen LogP contribution in [0, 0.1) is 13.8 Å². The topological polar surface area (TPSA) is 71.8 Å². The minimum absolute atomic E-state index is 0.169. The molecule has 0 fully saturated rings. The van der Waals surface area contributed by atoms with Gasteiger partial charge < -0.3 is 23.5 Å². The maximum atomic E-state index is 12.6. The van der Waals surface area contributed by atoms with Gasteiger partial charge in [0.25, 0.3) is 5.56 Å². The van der Waals surface area contributed by atoms with Crippen LogP contribution in [0.25, 0.3) is 0 Å². The molecule has 0 aliphatic carbocycles. The molecule has 0 atom stereocenters. The highest BCUT2D eigenvalue weighted by molar-refractivity contribution is 6.31. The lowest BCUT2D eigenvalue weighted by atomic mass is 10.1. The molecule has 0 N–H and O–H groups in total. The van der Waals surface area contributed by atoms with Crippen LogP contribution in [0.4, 0.5) is 0 Å². The predicted octanol–water partition coefficient (Wildman–Crippen LogP) is 3.88. The Balaban J connectivity index is 1.49. The zero-order valence-electron chi connectivity index (χ0n) is 16.9. The largest absolute Gasteiger partial charge is 0.496 e. The molecule has 1 aliphatic heterocycles. The van der Waals surface area contributed by atoms with Gasteiger partial charge in [-0.05, 0) is 31.5 Å². The smallest absolute Gasteiger partial charge is 0.254 e. The standard InChI is InChI=1S/C22H21ClN2O5/c1-13-9-24-18(14(2)22(13)27-3)11-28-16-4-5-25(21(26)7-16)10-15-6-19-20(8-17(15)23)30-12-29-19/h4-9H,10-12H2,1-3H3. The Bertz CT molecular complexity index is 1160. The van der Waals surface area contributed by atoms with Crippen molar-refractivity contribution in [2.45, 2.75) is 27.0 Å². The van der Waals surface area contributed by atoms with Gasteiger partial charge in [-0.15, -0.1) is 0 Å². The van der Waals surface area contributed by atoms with Crippen LogP contribution in [0.5, 0.6) is 23.0 Å². The van der Waals surface area contributed by atoms with Crippen molar-refractivity contribution in [1.29, 1.82) is 0 Å². The summed E-state index contributed by atoms with van der Waals surface area (Å²) in [6.45, 7) is 4.59. The molecular formula is C22H21ClN2O5. The van der Waals surface area contributed by atoms with Crippen molar-refractivity contribution >= 4 is 11.6 Å². The van der Waals surface area contributed by atoms with Crippen LogP contribution < -0.4 is 24.5 Å². The van der Waals surface area contributed by atoms with Gasteiger partial charge in [-0.25, -0.2) is 0 Å². The van der Waals surface area contributed by atoms with Crippen molar-refractivity contribution < 1.29 is 18.9 Å². The van der Waals surface area contributed by atoms with E-state index in [1.807, 2.05) is 13.8 Å². The quantitative estimate of drug-likeness (QED) is 0.593. The number of hydrogen-bond acceptors (Lipinski definition) is 6. The molecule has 3 aromatic rings. The van der Waals surface area contributed by atoms with Crippen molar-refractivity contribution in [2.24, 2.45) is 0 Å². The zero-order chi connectivity index (χ0) is 21.3. The lowest BCUT2D eigenvalue weighted by molar-refractivity contribution is 0.174. The number of ether oxygens (including phenoxy) is 4. The maximum absolute atomic E-state index is 12.6. The molecular weight excluding hydrogens is 408 g/mol. The lowest BCUT2D eigenvalue weighted by Crippen LogP contribution is -2.19. The number of fused-ring (bicyclic) bond motifs is 1. The molecule has 1 aromatic carbocycles. The van der Waals surface area contributed by atoms with E-state index < -0.39 is 0 Å². The monoisotopic (exact) mass is 428 g/mol. The van der Waals surface area contributed by atoms with E-state index in [0.29, 0.717) is 28.8 Å². The first-order chi connectivity index (χ1) is 14.5. The fraction of sp³-hybridized carbons (Fsp3) is 0.273. The minimum Gasteiger partial charge on any atom is -0.496 e. The average Bonchev–Trinajstić information content (AvgIpc) is 3.17. The summed E-state index contributed by atoms with van der Waals surface area (Å²) in [5.74, 6) is 2.49. The Kier molecular flexibility index (Phi) is 5.55. The fourth-order valence-electron chi connectivity index (χ4n) is 3.34. The number of hydrogen-bond donors (Lipinski definition) is 0. The first kappa shape index (κ1) is 20.1. The number of rotatable bonds is 6. The number of aromatic nitrogens is 2. The normalized spacial score (nSPS) is 12.1. The molecule has 0 spiro atoms. The van der Waals surface area contributed by atoms with Gasteiger partial charge in [0.2, 0.25) is 6.79 Å². The van der Waals surface area contributed by atoms with Crippen molar-refractivity contribution in [3.05, 3.63) is 74.4 Å². The van der Waals surface area contributed by atoms with Gasteiger partial charge in [-0.1, -0.05) is 11.6 Å². The van der Waals surface area contributed by atoms with Gasteiger partial charge in [-0.3, -0.25) is 9.78 Å². The summed E-state index contributed by atoms with van der Waals surface area (Å²) >= 11 is 6.32. The third-order valence-electron chi connectivity index (χ3n) is 4.98. The van der Waals surface area contributed by atoms with Gasteiger partial charge in [-0.2, -0.15) is 0 Å². The molecule has 0 saturated heterocycles. The van der Waals surface area contributed by atoms with Crippen LogP contribution in [0.2, 0.25) is 5.02 Å². The Morgan fingerprint density at radius 1 is 1.20 bits per heavy atom. The van der Waals surface area contributed by atoms with E-state index in [1.165, 1.54) is 6.07 Å². The third-order valence-corrected chi connectivity index (χ3v) is 5.33. The SMILES string of the molecule is COc1c(C)cnc(COc2ccn(Cc3cc4c(cc3Cl)OCO4)c(=O)c2)c1C. The highest BCUT2D eigenvalue weighted by atomic mass is 35.5. The van der Waals surface area contributed by atoms with Gasteiger partial charge in [0, 0.05) is 40.7 Å². The number of halogens is 1. The van der Waals surface area contributed by atoms with Gasteiger partial charge in [0.05, 0.1) is 19.3 Å². The zero-order valence-corrected chi connectivity index (χ0v) is 17.7. The van der Waals surface area contributed by atoms with E-state index in [2.05, 4.69) is 4.98 Å². The van der Waals surface area contributed by atoms with E-state index in [-0.39, 0.29) is 19.0 Å². The molecule has 1 aliphatic rings. The Morgan fingerprint density at radius 3 is 2.70 bits per heavy atom. The van der Waals surface area contributed by atoms with E-state index in [9.17, 15) is 4.79 Å². The minimum atomic E-state index is -0.201. The molecule has 3 heterocycles. The number of pyridine rings is 2. The summed E-state index contributed by atoms with van der Waals surface area (Å²) in [6, 6.07) is 6.68. The lowest BCUT2D eigenvalue weighted by Gasteiger charge is -2.13. The van der Waals surface area contributed by atoms with E-state index in [0.717, 1.165) is 28.1 Å². The summed E-state index contributed by atoms with van der Waals surface area (Å²) in [5, 5.41) is 0.515. The van der Waals surface area contributed by atoms with Crippen LogP contribution in [-0.2, 0) is 13.2 Å². The second kappa shape index (κ2) is 8.28. The molecule has 0 unspecified atom stereocenters. The number of benzene rings is 1. The number of aryl methyl sites for hydroxylation is 1. The van der Waals surface area contributed by atoms with Crippen LogP contribution in [-0.4, -0.2) is 23.5 Å². The average molecular weight is 429 g/mol. The summed E-state index contributed by atoms with van der Waals surface area (Å²) < 4.78 is 23.5. The molecule has 0 radical (unpaired) electrons. The molecule has 8 heteroatoms. The Hall–Kier alpha value is -3.19. The first-order valence-electron chi connectivity index (χ1n) is 9.36. The van der Waals surface area contributed by atoms with E-state index in [4.69, 9.17) is 30.5 Å². The van der Waals surface area contributed by atoms with Crippen LogP contribution in [0.15, 0.2) is 41.5 Å². The van der Waals surface area contributed by atoms with Gasteiger partial charge >= 0.3 is 0 Å². The number of nitrogens with zero attached hydrogens (tertiary/aromatic N) is 2. The first-order valence-corrected chi connectivity index (χ1v) is 9.74. The Labute approximate surface area is 178 Å². The summed E-state index contributed by atoms with van der Waals surface area (Å²) in [7, 11) is 1.63. The molecule has 4 rings (SSSR count). The molecule has 0 bridgehead atoms. The third kappa shape index (κ3) is 3.93. The molecule has 156 valence electrons. The molecule has 2 aromatic heterocycles. The van der Waals surface area contributed by atoms with Crippen molar-refractivity contribution in [1.82, 2.24) is 9.55 Å². The highest BCUT2D eigenvalue weighted by Gasteiger charge is 2.17. The molecule has 30 heavy (non-hydrogen) atoms. The summed E-state index contributed by atoms with van der Waals surface area (Å²) in [6.07, 6.45) is 3.42. The second-order valence-corrected chi connectivity index (χ2v) is 7.37. The molecule has 0 amide bonds. The van der Waals surface area contributed by atoms with Crippen LogP contribution in [0.1, 0.15) is 22.4 Å². The number of methoxy groups -OCH3 is 1. The second-order valence-electron chi connectivity index (χ2n) is 6.96. The predicted molar refractivity (Wildman–Crippen MR) is 112 cm³/mol. The molecule has 7 nitrogen and oxygen atoms in total.